The molecule has 5 nitrogen and oxygen atoms in total. The van der Waals surface area contributed by atoms with Crippen LogP contribution in [0.3, 0.4) is 0 Å². The van der Waals surface area contributed by atoms with Gasteiger partial charge in [0.2, 0.25) is 0 Å². The number of fused-ring (bicyclic) bond motifs is 4. The third-order valence-corrected chi connectivity index (χ3v) is 7.15. The summed E-state index contributed by atoms with van der Waals surface area (Å²) in [6.45, 7) is 11.8. The predicted molar refractivity (Wildman–Crippen MR) is 108 cm³/mol. The molecule has 0 bridgehead atoms. The fourth-order valence-corrected chi connectivity index (χ4v) is 4.75. The highest BCUT2D eigenvalue weighted by Gasteiger charge is 2.51. The second kappa shape index (κ2) is 6.06. The van der Waals surface area contributed by atoms with Gasteiger partial charge in [0.25, 0.3) is 0 Å². The van der Waals surface area contributed by atoms with Crippen LogP contribution in [0.25, 0.3) is 11.0 Å². The van der Waals surface area contributed by atoms with Gasteiger partial charge in [-0.25, -0.2) is 4.98 Å². The van der Waals surface area contributed by atoms with Crippen LogP contribution in [-0.2, 0) is 22.3 Å². The normalized spacial score (nSPS) is 27.4. The minimum absolute atomic E-state index is 0.317. The number of hydrogen-bond acceptors (Lipinski definition) is 4. The van der Waals surface area contributed by atoms with E-state index in [1.807, 2.05) is 0 Å². The summed E-state index contributed by atoms with van der Waals surface area (Å²) in [5.74, 6) is 1.24. The Morgan fingerprint density at radius 1 is 1.04 bits per heavy atom. The van der Waals surface area contributed by atoms with Crippen LogP contribution in [-0.4, -0.2) is 51.9 Å². The second-order valence-electron chi connectivity index (χ2n) is 9.41. The first-order chi connectivity index (χ1) is 12.8. The van der Waals surface area contributed by atoms with Gasteiger partial charge in [0.15, 0.2) is 0 Å². The van der Waals surface area contributed by atoms with Crippen molar-refractivity contribution in [3.05, 3.63) is 24.0 Å². The SMILES string of the molecule is CC1(C)OB(c2ccc3c(c2)nc2n3CCN3CCCCC3C2)OC1(C)C. The van der Waals surface area contributed by atoms with Crippen molar-refractivity contribution in [3.63, 3.8) is 0 Å². The summed E-state index contributed by atoms with van der Waals surface area (Å²) < 4.78 is 14.9. The maximum atomic E-state index is 6.23. The summed E-state index contributed by atoms with van der Waals surface area (Å²) in [6, 6.07) is 7.19. The molecular formula is C21H30BN3O2. The van der Waals surface area contributed by atoms with Crippen molar-refractivity contribution in [2.75, 3.05) is 13.1 Å². The Morgan fingerprint density at radius 3 is 2.59 bits per heavy atom. The molecule has 1 unspecified atom stereocenters. The van der Waals surface area contributed by atoms with Gasteiger partial charge >= 0.3 is 7.12 Å². The monoisotopic (exact) mass is 367 g/mol. The zero-order valence-corrected chi connectivity index (χ0v) is 17.0. The lowest BCUT2D eigenvalue weighted by atomic mass is 9.79. The van der Waals surface area contributed by atoms with E-state index in [1.54, 1.807) is 0 Å². The molecule has 1 aromatic carbocycles. The lowest BCUT2D eigenvalue weighted by Gasteiger charge is -2.33. The van der Waals surface area contributed by atoms with Crippen LogP contribution >= 0.6 is 0 Å². The van der Waals surface area contributed by atoms with Crippen LogP contribution in [0.1, 0.15) is 52.8 Å². The summed E-state index contributed by atoms with van der Waals surface area (Å²) in [4.78, 5) is 7.70. The summed E-state index contributed by atoms with van der Waals surface area (Å²) >= 11 is 0. The van der Waals surface area contributed by atoms with E-state index in [2.05, 4.69) is 55.4 Å². The van der Waals surface area contributed by atoms with Gasteiger partial charge in [0, 0.05) is 25.6 Å². The standard InChI is InChI=1S/C21H30BN3O2/c1-20(2)21(3,4)27-22(26-20)15-8-9-18-17(13-15)23-19-14-16-7-5-6-10-24(16)11-12-25(18)19/h8-9,13,16H,5-7,10-12,14H2,1-4H3. The predicted octanol–water partition coefficient (Wildman–Crippen LogP) is 2.75. The Morgan fingerprint density at radius 2 is 1.81 bits per heavy atom. The van der Waals surface area contributed by atoms with Crippen molar-refractivity contribution in [2.45, 2.75) is 77.2 Å². The van der Waals surface area contributed by atoms with Crippen molar-refractivity contribution in [2.24, 2.45) is 0 Å². The Labute approximate surface area is 162 Å². The smallest absolute Gasteiger partial charge is 0.399 e. The maximum Gasteiger partial charge on any atom is 0.494 e. The molecule has 0 saturated carbocycles. The van der Waals surface area contributed by atoms with Gasteiger partial charge in [-0.3, -0.25) is 4.90 Å². The van der Waals surface area contributed by atoms with Crippen molar-refractivity contribution >= 4 is 23.6 Å². The van der Waals surface area contributed by atoms with E-state index in [1.165, 1.54) is 37.1 Å². The van der Waals surface area contributed by atoms with Gasteiger partial charge in [-0.1, -0.05) is 12.5 Å². The van der Waals surface area contributed by atoms with Crippen LogP contribution < -0.4 is 5.46 Å². The summed E-state index contributed by atoms with van der Waals surface area (Å²) in [6.07, 6.45) is 5.08. The molecule has 1 aromatic heterocycles. The first kappa shape index (κ1) is 17.7. The van der Waals surface area contributed by atoms with E-state index < -0.39 is 0 Å². The average molecular weight is 367 g/mol. The van der Waals surface area contributed by atoms with Gasteiger partial charge in [-0.2, -0.15) is 0 Å². The number of hydrogen-bond donors (Lipinski definition) is 0. The van der Waals surface area contributed by atoms with Crippen molar-refractivity contribution in [3.8, 4) is 0 Å². The average Bonchev–Trinajstić information content (AvgIpc) is 2.98. The lowest BCUT2D eigenvalue weighted by Crippen LogP contribution is -2.41. The molecule has 0 spiro atoms. The number of imidazole rings is 1. The number of aromatic nitrogens is 2. The van der Waals surface area contributed by atoms with E-state index in [9.17, 15) is 0 Å². The fraction of sp³-hybridized carbons (Fsp3) is 0.667. The first-order valence-corrected chi connectivity index (χ1v) is 10.4. The van der Waals surface area contributed by atoms with Crippen molar-refractivity contribution in [1.29, 1.82) is 0 Å². The van der Waals surface area contributed by atoms with Crippen molar-refractivity contribution < 1.29 is 9.31 Å². The van der Waals surface area contributed by atoms with E-state index in [-0.39, 0.29) is 18.3 Å². The molecule has 0 aliphatic carbocycles. The van der Waals surface area contributed by atoms with Crippen LogP contribution in [0.15, 0.2) is 18.2 Å². The molecule has 6 heteroatoms. The lowest BCUT2D eigenvalue weighted by molar-refractivity contribution is 0.00578. The minimum atomic E-state index is -0.324. The highest BCUT2D eigenvalue weighted by molar-refractivity contribution is 6.62. The third kappa shape index (κ3) is 2.84. The molecule has 0 amide bonds. The highest BCUT2D eigenvalue weighted by Crippen LogP contribution is 2.36. The Bertz CT molecular complexity index is 860. The van der Waals surface area contributed by atoms with Gasteiger partial charge < -0.3 is 13.9 Å². The van der Waals surface area contributed by atoms with Gasteiger partial charge in [-0.15, -0.1) is 0 Å². The quantitative estimate of drug-likeness (QED) is 0.727. The molecule has 5 rings (SSSR count). The highest BCUT2D eigenvalue weighted by atomic mass is 16.7. The molecule has 2 fully saturated rings. The van der Waals surface area contributed by atoms with Crippen LogP contribution in [0.5, 0.6) is 0 Å². The van der Waals surface area contributed by atoms with E-state index in [0.717, 1.165) is 30.5 Å². The molecule has 0 N–H and O–H groups in total. The number of rotatable bonds is 1. The minimum Gasteiger partial charge on any atom is -0.399 e. The van der Waals surface area contributed by atoms with Gasteiger partial charge in [0.1, 0.15) is 5.82 Å². The summed E-state index contributed by atoms with van der Waals surface area (Å²) in [7, 11) is -0.324. The fourth-order valence-electron chi connectivity index (χ4n) is 4.75. The molecule has 3 aliphatic heterocycles. The number of piperidine rings is 1. The Hall–Kier alpha value is -1.37. The van der Waals surface area contributed by atoms with E-state index in [0.29, 0.717) is 6.04 Å². The summed E-state index contributed by atoms with van der Waals surface area (Å²) in [5.41, 5.74) is 2.74. The van der Waals surface area contributed by atoms with Gasteiger partial charge in [0.05, 0.1) is 22.2 Å². The Kier molecular flexibility index (Phi) is 3.98. The molecule has 27 heavy (non-hydrogen) atoms. The second-order valence-corrected chi connectivity index (χ2v) is 9.41. The molecule has 1 atom stereocenters. The van der Waals surface area contributed by atoms with Gasteiger partial charge in [-0.05, 0) is 64.7 Å². The number of nitrogens with zero attached hydrogens (tertiary/aromatic N) is 3. The Balaban J connectivity index is 1.47. The molecule has 0 radical (unpaired) electrons. The van der Waals surface area contributed by atoms with E-state index >= 15 is 0 Å². The molecule has 3 aliphatic rings. The molecule has 2 saturated heterocycles. The maximum absolute atomic E-state index is 6.23. The van der Waals surface area contributed by atoms with Crippen LogP contribution in [0, 0.1) is 0 Å². The zero-order valence-electron chi connectivity index (χ0n) is 17.0. The topological polar surface area (TPSA) is 39.5 Å². The largest absolute Gasteiger partial charge is 0.494 e. The first-order valence-electron chi connectivity index (χ1n) is 10.4. The van der Waals surface area contributed by atoms with Crippen molar-refractivity contribution in [1.82, 2.24) is 14.5 Å². The van der Waals surface area contributed by atoms with E-state index in [4.69, 9.17) is 14.3 Å². The molecule has 4 heterocycles. The molecular weight excluding hydrogens is 337 g/mol. The summed E-state index contributed by atoms with van der Waals surface area (Å²) in [5, 5.41) is 0. The number of benzene rings is 1. The third-order valence-electron chi connectivity index (χ3n) is 7.15. The van der Waals surface area contributed by atoms with Crippen LogP contribution in [0.4, 0.5) is 0 Å². The van der Waals surface area contributed by atoms with Crippen LogP contribution in [0.2, 0.25) is 0 Å². The molecule has 144 valence electrons. The molecule has 2 aromatic rings. The zero-order chi connectivity index (χ0) is 18.8.